The number of morpholine rings is 1. The van der Waals surface area contributed by atoms with Gasteiger partial charge in [0.05, 0.1) is 12.7 Å². The molecule has 1 N–H and O–H groups in total. The van der Waals surface area contributed by atoms with E-state index >= 15 is 0 Å². The molecule has 1 aromatic rings. The van der Waals surface area contributed by atoms with Crippen molar-refractivity contribution in [3.8, 4) is 0 Å². The Labute approximate surface area is 116 Å². The van der Waals surface area contributed by atoms with E-state index in [9.17, 15) is 0 Å². The second-order valence-corrected chi connectivity index (χ2v) is 5.59. The predicted octanol–water partition coefficient (Wildman–Crippen LogP) is 1.93. The Hall–Kier alpha value is -0.900. The van der Waals surface area contributed by atoms with Crippen LogP contribution >= 0.6 is 0 Å². The van der Waals surface area contributed by atoms with Gasteiger partial charge < -0.3 is 15.0 Å². The normalized spacial score (nSPS) is 22.3. The molecule has 1 saturated heterocycles. The molecule has 0 amide bonds. The number of nitrogens with one attached hydrogen (secondary N) is 1. The van der Waals surface area contributed by atoms with E-state index in [1.165, 1.54) is 12.0 Å². The Balaban J connectivity index is 1.63. The maximum atomic E-state index is 5.76. The molecule has 1 aliphatic rings. The monoisotopic (exact) mass is 262 g/mol. The highest BCUT2D eigenvalue weighted by atomic mass is 16.5. The van der Waals surface area contributed by atoms with E-state index in [0.717, 1.165) is 32.7 Å². The van der Waals surface area contributed by atoms with Gasteiger partial charge in [0.2, 0.25) is 0 Å². The van der Waals surface area contributed by atoms with Gasteiger partial charge in [-0.25, -0.2) is 0 Å². The summed E-state index contributed by atoms with van der Waals surface area (Å²) in [5, 5.41) is 3.59. The third-order valence-corrected chi connectivity index (χ3v) is 3.74. The lowest BCUT2D eigenvalue weighted by Crippen LogP contribution is -2.46. The van der Waals surface area contributed by atoms with E-state index in [-0.39, 0.29) is 0 Å². The summed E-state index contributed by atoms with van der Waals surface area (Å²) in [6, 6.07) is 11.2. The van der Waals surface area contributed by atoms with Crippen LogP contribution in [0.2, 0.25) is 0 Å². The van der Waals surface area contributed by atoms with Gasteiger partial charge >= 0.3 is 0 Å². The molecular weight excluding hydrogens is 236 g/mol. The molecule has 1 heterocycles. The third-order valence-electron chi connectivity index (χ3n) is 3.74. The first-order valence-corrected chi connectivity index (χ1v) is 7.31. The molecule has 2 atom stereocenters. The van der Waals surface area contributed by atoms with Crippen LogP contribution in [-0.4, -0.2) is 50.3 Å². The number of benzene rings is 1. The third kappa shape index (κ3) is 5.31. The Bertz CT molecular complexity index is 355. The van der Waals surface area contributed by atoms with Crippen LogP contribution in [-0.2, 0) is 11.2 Å². The number of nitrogens with zero attached hydrogens (tertiary/aromatic N) is 1. The van der Waals surface area contributed by atoms with Crippen molar-refractivity contribution in [1.82, 2.24) is 10.2 Å². The van der Waals surface area contributed by atoms with Crippen LogP contribution < -0.4 is 5.32 Å². The van der Waals surface area contributed by atoms with Crippen LogP contribution in [0, 0.1) is 0 Å². The summed E-state index contributed by atoms with van der Waals surface area (Å²) in [6.45, 7) is 6.18. The number of hydrogen-bond donors (Lipinski definition) is 1. The van der Waals surface area contributed by atoms with Crippen LogP contribution in [0.5, 0.6) is 0 Å². The highest BCUT2D eigenvalue weighted by Crippen LogP contribution is 2.06. The van der Waals surface area contributed by atoms with Crippen LogP contribution in [0.25, 0.3) is 0 Å². The van der Waals surface area contributed by atoms with E-state index < -0.39 is 0 Å². The van der Waals surface area contributed by atoms with Crippen LogP contribution in [0.1, 0.15) is 18.9 Å². The number of rotatable bonds is 6. The number of hydrogen-bond acceptors (Lipinski definition) is 3. The summed E-state index contributed by atoms with van der Waals surface area (Å²) < 4.78 is 5.76. The second kappa shape index (κ2) is 7.63. The molecule has 0 aliphatic carbocycles. The summed E-state index contributed by atoms with van der Waals surface area (Å²) >= 11 is 0. The van der Waals surface area contributed by atoms with E-state index in [4.69, 9.17) is 4.74 Å². The highest BCUT2D eigenvalue weighted by Gasteiger charge is 2.17. The fourth-order valence-electron chi connectivity index (χ4n) is 2.45. The van der Waals surface area contributed by atoms with Gasteiger partial charge in [0.1, 0.15) is 0 Å². The van der Waals surface area contributed by atoms with Gasteiger partial charge in [0.25, 0.3) is 0 Å². The molecule has 1 fully saturated rings. The molecule has 1 aromatic carbocycles. The van der Waals surface area contributed by atoms with E-state index in [1.54, 1.807) is 0 Å². The van der Waals surface area contributed by atoms with Gasteiger partial charge in [-0.15, -0.1) is 0 Å². The average molecular weight is 262 g/mol. The standard InChI is InChI=1S/C16H26N2O/c1-14(8-9-15-6-4-3-5-7-15)17-12-16-13-18(2)10-11-19-16/h3-7,14,16-17H,8-13H2,1-2H3/t14-,16-/m0/s1. The lowest BCUT2D eigenvalue weighted by molar-refractivity contribution is -0.0191. The molecule has 3 nitrogen and oxygen atoms in total. The van der Waals surface area contributed by atoms with Crippen molar-refractivity contribution in [2.24, 2.45) is 0 Å². The molecule has 19 heavy (non-hydrogen) atoms. The summed E-state index contributed by atoms with van der Waals surface area (Å²) in [5.41, 5.74) is 1.42. The van der Waals surface area contributed by atoms with E-state index in [2.05, 4.69) is 54.5 Å². The van der Waals surface area contributed by atoms with Gasteiger partial charge in [-0.05, 0) is 32.4 Å². The molecule has 0 radical (unpaired) electrons. The van der Waals surface area contributed by atoms with Gasteiger partial charge in [-0.1, -0.05) is 30.3 Å². The average Bonchev–Trinajstić information content (AvgIpc) is 2.44. The molecule has 0 aromatic heterocycles. The van der Waals surface area contributed by atoms with Crippen molar-refractivity contribution in [1.29, 1.82) is 0 Å². The lowest BCUT2D eigenvalue weighted by Gasteiger charge is -2.31. The second-order valence-electron chi connectivity index (χ2n) is 5.59. The van der Waals surface area contributed by atoms with Gasteiger partial charge in [-0.2, -0.15) is 0 Å². The van der Waals surface area contributed by atoms with Crippen molar-refractivity contribution in [2.45, 2.75) is 31.9 Å². The van der Waals surface area contributed by atoms with Gasteiger partial charge in [0.15, 0.2) is 0 Å². The first-order chi connectivity index (χ1) is 9.24. The van der Waals surface area contributed by atoms with E-state index in [0.29, 0.717) is 12.1 Å². The molecule has 0 unspecified atom stereocenters. The smallest absolute Gasteiger partial charge is 0.0826 e. The summed E-state index contributed by atoms with van der Waals surface area (Å²) in [6.07, 6.45) is 2.66. The molecule has 0 spiro atoms. The number of ether oxygens (including phenoxy) is 1. The summed E-state index contributed by atoms with van der Waals surface area (Å²) in [4.78, 5) is 2.34. The van der Waals surface area contributed by atoms with Crippen molar-refractivity contribution in [2.75, 3.05) is 33.3 Å². The summed E-state index contributed by atoms with van der Waals surface area (Å²) in [5.74, 6) is 0. The minimum absolute atomic E-state index is 0.345. The zero-order chi connectivity index (χ0) is 13.5. The van der Waals surface area contributed by atoms with Crippen molar-refractivity contribution < 1.29 is 4.74 Å². The van der Waals surface area contributed by atoms with Crippen LogP contribution in [0.4, 0.5) is 0 Å². The zero-order valence-corrected chi connectivity index (χ0v) is 12.1. The molecule has 106 valence electrons. The Morgan fingerprint density at radius 3 is 2.89 bits per heavy atom. The van der Waals surface area contributed by atoms with Crippen LogP contribution in [0.3, 0.4) is 0 Å². The fraction of sp³-hybridized carbons (Fsp3) is 0.625. The minimum atomic E-state index is 0.345. The Kier molecular flexibility index (Phi) is 5.83. The SMILES string of the molecule is C[C@@H](CCc1ccccc1)NC[C@H]1CN(C)CCO1. The first kappa shape index (κ1) is 14.5. The lowest BCUT2D eigenvalue weighted by atomic mass is 10.1. The predicted molar refractivity (Wildman–Crippen MR) is 79.5 cm³/mol. The van der Waals surface area contributed by atoms with Crippen LogP contribution in [0.15, 0.2) is 30.3 Å². The first-order valence-electron chi connectivity index (χ1n) is 7.31. The maximum Gasteiger partial charge on any atom is 0.0826 e. The minimum Gasteiger partial charge on any atom is -0.374 e. The number of likely N-dealkylation sites (N-methyl/N-ethyl adjacent to an activating group) is 1. The Morgan fingerprint density at radius 2 is 2.16 bits per heavy atom. The Morgan fingerprint density at radius 1 is 1.37 bits per heavy atom. The van der Waals surface area contributed by atoms with Crippen molar-refractivity contribution in [3.05, 3.63) is 35.9 Å². The largest absolute Gasteiger partial charge is 0.374 e. The molecule has 0 bridgehead atoms. The molecule has 0 saturated carbocycles. The topological polar surface area (TPSA) is 24.5 Å². The fourth-order valence-corrected chi connectivity index (χ4v) is 2.45. The highest BCUT2D eigenvalue weighted by molar-refractivity contribution is 5.14. The maximum absolute atomic E-state index is 5.76. The molecule has 3 heteroatoms. The van der Waals surface area contributed by atoms with E-state index in [1.807, 2.05) is 0 Å². The van der Waals surface area contributed by atoms with Gasteiger partial charge in [0, 0.05) is 25.7 Å². The quantitative estimate of drug-likeness (QED) is 0.848. The van der Waals surface area contributed by atoms with Gasteiger partial charge in [-0.3, -0.25) is 0 Å². The van der Waals surface area contributed by atoms with Crippen molar-refractivity contribution in [3.63, 3.8) is 0 Å². The molecule has 2 rings (SSSR count). The zero-order valence-electron chi connectivity index (χ0n) is 12.1. The van der Waals surface area contributed by atoms with Crippen molar-refractivity contribution >= 4 is 0 Å². The summed E-state index contributed by atoms with van der Waals surface area (Å²) in [7, 11) is 2.16. The molecule has 1 aliphatic heterocycles. The molecular formula is C16H26N2O. The number of aryl methyl sites for hydroxylation is 1.